The van der Waals surface area contributed by atoms with Crippen LogP contribution in [0.4, 0.5) is 18.0 Å². The smallest absolute Gasteiger partial charge is 0.408 e. The monoisotopic (exact) mass is 677 g/mol. The molecule has 0 saturated heterocycles. The maximum atomic E-state index is 14.5. The molecule has 47 heavy (non-hydrogen) atoms. The summed E-state index contributed by atoms with van der Waals surface area (Å²) in [5.41, 5.74) is 5.83. The Balaban J connectivity index is 1.65. The van der Waals surface area contributed by atoms with Gasteiger partial charge in [-0.15, -0.1) is 0 Å². The van der Waals surface area contributed by atoms with Crippen LogP contribution in [0.15, 0.2) is 30.3 Å². The van der Waals surface area contributed by atoms with Crippen molar-refractivity contribution in [3.63, 3.8) is 0 Å². The highest BCUT2D eigenvalue weighted by atomic mass is 35.5. The minimum atomic E-state index is -1.64. The van der Waals surface area contributed by atoms with Crippen LogP contribution in [0, 0.1) is 29.3 Å². The molecular weight excluding hydrogens is 639 g/mol. The number of aromatic nitrogens is 1. The van der Waals surface area contributed by atoms with Gasteiger partial charge in [0.1, 0.15) is 41.7 Å². The zero-order valence-electron chi connectivity index (χ0n) is 26.6. The minimum Gasteiger partial charge on any atom is -0.445 e. The average Bonchev–Trinajstić information content (AvgIpc) is 3.37. The summed E-state index contributed by atoms with van der Waals surface area (Å²) in [5, 5.41) is 8.70. The molecule has 10 nitrogen and oxygen atoms in total. The summed E-state index contributed by atoms with van der Waals surface area (Å²) >= 11 is 6.31. The van der Waals surface area contributed by atoms with Gasteiger partial charge in [0, 0.05) is 23.6 Å². The second kappa shape index (κ2) is 14.7. The second-order valence-corrected chi connectivity index (χ2v) is 12.6. The number of hydrogen-bond donors (Lipinski definition) is 5. The number of aryl methyl sites for hydroxylation is 1. The van der Waals surface area contributed by atoms with Crippen molar-refractivity contribution in [2.75, 3.05) is 0 Å². The summed E-state index contributed by atoms with van der Waals surface area (Å²) in [6.07, 6.45) is 0.199. The van der Waals surface area contributed by atoms with Gasteiger partial charge in [0.15, 0.2) is 0 Å². The molecule has 3 aromatic rings. The van der Waals surface area contributed by atoms with Crippen molar-refractivity contribution >= 4 is 46.3 Å². The number of carbonyl (C=O) groups excluding carboxylic acids is 4. The number of H-pyrrole nitrogens is 1. The fraction of sp³-hybridized carbons (Fsp3) is 0.455. The Kier molecular flexibility index (Phi) is 11.1. The van der Waals surface area contributed by atoms with Gasteiger partial charge in [-0.2, -0.15) is 0 Å². The van der Waals surface area contributed by atoms with Crippen LogP contribution < -0.4 is 21.7 Å². The van der Waals surface area contributed by atoms with E-state index in [0.29, 0.717) is 41.1 Å². The summed E-state index contributed by atoms with van der Waals surface area (Å²) in [4.78, 5) is 56.6. The highest BCUT2D eigenvalue weighted by Gasteiger charge is 2.47. The van der Waals surface area contributed by atoms with E-state index in [-0.39, 0.29) is 35.8 Å². The van der Waals surface area contributed by atoms with Crippen molar-refractivity contribution in [1.29, 1.82) is 0 Å². The third-order valence-electron chi connectivity index (χ3n) is 8.96. The molecule has 2 unspecified atom stereocenters. The zero-order chi connectivity index (χ0) is 34.6. The second-order valence-electron chi connectivity index (χ2n) is 12.2. The summed E-state index contributed by atoms with van der Waals surface area (Å²) in [7, 11) is 0. The highest BCUT2D eigenvalue weighted by molar-refractivity contribution is 6.35. The molecule has 4 amide bonds. The fourth-order valence-electron chi connectivity index (χ4n) is 5.86. The number of benzene rings is 2. The Morgan fingerprint density at radius 2 is 1.57 bits per heavy atom. The molecule has 0 aliphatic heterocycles. The summed E-state index contributed by atoms with van der Waals surface area (Å²) < 4.78 is 46.8. The van der Waals surface area contributed by atoms with Crippen molar-refractivity contribution in [3.05, 3.63) is 69.6 Å². The van der Waals surface area contributed by atoms with Gasteiger partial charge in [-0.25, -0.2) is 18.0 Å². The number of nitrogens with one attached hydrogen (secondary N) is 4. The third kappa shape index (κ3) is 8.01. The van der Waals surface area contributed by atoms with Crippen LogP contribution in [0.25, 0.3) is 10.9 Å². The van der Waals surface area contributed by atoms with Gasteiger partial charge in [-0.1, -0.05) is 52.1 Å². The molecule has 14 heteroatoms. The number of halogens is 4. The van der Waals surface area contributed by atoms with Crippen LogP contribution in [-0.4, -0.2) is 46.4 Å². The van der Waals surface area contributed by atoms with Gasteiger partial charge in [0.2, 0.25) is 17.7 Å². The van der Waals surface area contributed by atoms with E-state index in [2.05, 4.69) is 20.9 Å². The number of rotatable bonds is 12. The lowest BCUT2D eigenvalue weighted by Gasteiger charge is -2.39. The molecule has 0 radical (unpaired) electrons. The summed E-state index contributed by atoms with van der Waals surface area (Å²) in [6, 6.07) is 2.94. The Labute approximate surface area is 275 Å². The number of amides is 4. The summed E-state index contributed by atoms with van der Waals surface area (Å²) in [5.74, 6) is -5.16. The number of nitrogens with two attached hydrogens (primary N) is 1. The van der Waals surface area contributed by atoms with Crippen molar-refractivity contribution in [1.82, 2.24) is 20.9 Å². The topological polar surface area (TPSA) is 155 Å². The maximum Gasteiger partial charge on any atom is 0.408 e. The fourth-order valence-corrected chi connectivity index (χ4v) is 6.12. The number of ether oxygens (including phenoxy) is 1. The van der Waals surface area contributed by atoms with E-state index in [1.165, 1.54) is 12.1 Å². The van der Waals surface area contributed by atoms with Gasteiger partial charge < -0.3 is 31.4 Å². The predicted molar refractivity (Wildman–Crippen MR) is 170 cm³/mol. The van der Waals surface area contributed by atoms with Crippen LogP contribution in [0.5, 0.6) is 0 Å². The molecule has 2 aromatic carbocycles. The number of hydrogen-bond acceptors (Lipinski definition) is 5. The van der Waals surface area contributed by atoms with Crippen LogP contribution in [0.2, 0.25) is 5.02 Å². The largest absolute Gasteiger partial charge is 0.445 e. The molecular formula is C33H39ClF3N5O5. The third-order valence-corrected chi connectivity index (χ3v) is 9.26. The van der Waals surface area contributed by atoms with E-state index >= 15 is 0 Å². The first kappa shape index (κ1) is 35.6. The van der Waals surface area contributed by atoms with E-state index in [4.69, 9.17) is 22.1 Å². The number of fused-ring (bicyclic) bond motifs is 3. The van der Waals surface area contributed by atoms with Gasteiger partial charge >= 0.3 is 6.09 Å². The maximum absolute atomic E-state index is 14.5. The van der Waals surface area contributed by atoms with E-state index in [0.717, 1.165) is 12.1 Å². The lowest BCUT2D eigenvalue weighted by Crippen LogP contribution is -2.67. The molecule has 4 rings (SSSR count). The van der Waals surface area contributed by atoms with Gasteiger partial charge in [-0.3, -0.25) is 14.4 Å². The van der Waals surface area contributed by atoms with Gasteiger partial charge in [0.25, 0.3) is 0 Å². The van der Waals surface area contributed by atoms with E-state index in [1.54, 1.807) is 20.8 Å². The molecule has 1 heterocycles. The van der Waals surface area contributed by atoms with Crippen LogP contribution in [0.3, 0.4) is 0 Å². The van der Waals surface area contributed by atoms with Gasteiger partial charge in [0.05, 0.1) is 10.5 Å². The molecule has 1 aliphatic rings. The van der Waals surface area contributed by atoms with Crippen LogP contribution >= 0.6 is 11.6 Å². The normalized spacial score (nSPS) is 18.4. The molecule has 1 aromatic heterocycles. The Morgan fingerprint density at radius 3 is 2.19 bits per heavy atom. The van der Waals surface area contributed by atoms with E-state index in [9.17, 15) is 32.3 Å². The molecule has 0 fully saturated rings. The molecule has 0 spiro atoms. The lowest BCUT2D eigenvalue weighted by atomic mass is 9.78. The molecule has 254 valence electrons. The quantitative estimate of drug-likeness (QED) is 0.184. The molecule has 0 bridgehead atoms. The first-order chi connectivity index (χ1) is 22.2. The van der Waals surface area contributed by atoms with E-state index < -0.39 is 71.4 Å². The minimum absolute atomic E-state index is 0.0661. The molecule has 0 saturated carbocycles. The Hall–Kier alpha value is -4.26. The van der Waals surface area contributed by atoms with Crippen molar-refractivity contribution in [2.24, 2.45) is 17.6 Å². The van der Waals surface area contributed by atoms with E-state index in [1.807, 2.05) is 6.92 Å². The van der Waals surface area contributed by atoms with Crippen molar-refractivity contribution < 1.29 is 37.1 Å². The number of alkyl carbamates (subject to hydrolysis) is 1. The van der Waals surface area contributed by atoms with Gasteiger partial charge in [-0.05, 0) is 60.1 Å². The molecule has 6 N–H and O–H groups in total. The summed E-state index contributed by atoms with van der Waals surface area (Å²) in [6.45, 7) is 6.66. The van der Waals surface area contributed by atoms with Crippen LogP contribution in [0.1, 0.15) is 63.8 Å². The number of aromatic amines is 1. The standard InChI is InChI=1S/C33H39ClF3N5O5/c1-5-16(3)26(29(38)43)40-31(45)33(8-7-25-23(14-33)22-12-21(37)13-24(34)28(22)39-25)42-30(44)27(17(4)6-2)41-32(46)47-15-18-9-19(35)11-20(36)10-18/h9-13,16-17,26-27,39H,5-8,14-15H2,1-4H3,(H2,38,43)(H,40,45)(H,41,46)(H,42,44)/t16?,17?,26-,27-,33+/m0/s1. The van der Waals surface area contributed by atoms with Crippen molar-refractivity contribution in [3.8, 4) is 0 Å². The number of carbonyl (C=O) groups is 4. The lowest BCUT2D eigenvalue weighted by molar-refractivity contribution is -0.137. The molecule has 1 aliphatic carbocycles. The van der Waals surface area contributed by atoms with Crippen LogP contribution in [-0.2, 0) is 38.6 Å². The first-order valence-corrected chi connectivity index (χ1v) is 15.8. The SMILES string of the molecule is CCC(C)[C@H](NC(=O)[C@@]1(NC(=O)[C@@H](NC(=O)OCc2cc(F)cc(F)c2)C(C)CC)CCc2[nH]c3c(Cl)cc(F)cc3c2C1)C(N)=O. The predicted octanol–water partition coefficient (Wildman–Crippen LogP) is 4.94. The Morgan fingerprint density at radius 1 is 0.957 bits per heavy atom. The molecule has 5 atom stereocenters. The Bertz CT molecular complexity index is 1660. The van der Waals surface area contributed by atoms with Crippen molar-refractivity contribution in [2.45, 2.75) is 84.0 Å². The average molecular weight is 678 g/mol. The number of primary amides is 1. The zero-order valence-corrected chi connectivity index (χ0v) is 27.3. The highest BCUT2D eigenvalue weighted by Crippen LogP contribution is 2.37. The first-order valence-electron chi connectivity index (χ1n) is 15.5.